The molecule has 0 aromatic heterocycles. The van der Waals surface area contributed by atoms with Crippen LogP contribution in [-0.4, -0.2) is 0 Å². The van der Waals surface area contributed by atoms with E-state index < -0.39 is 0 Å². The van der Waals surface area contributed by atoms with Crippen molar-refractivity contribution in [3.8, 4) is 0 Å². The van der Waals surface area contributed by atoms with Gasteiger partial charge < -0.3 is 0 Å². The second-order valence-corrected chi connectivity index (χ2v) is 12.1. The molecule has 3 saturated carbocycles. The number of allylic oxidation sites excluding steroid dienone is 2. The van der Waals surface area contributed by atoms with Gasteiger partial charge in [-0.05, 0) is 111 Å². The first-order valence-corrected chi connectivity index (χ1v) is 11.3. The van der Waals surface area contributed by atoms with Crippen molar-refractivity contribution in [3.63, 3.8) is 0 Å². The lowest BCUT2D eigenvalue weighted by atomic mass is 9.44. The minimum Gasteiger partial charge on any atom is -0.0847 e. The van der Waals surface area contributed by atoms with Gasteiger partial charge in [0, 0.05) is 0 Å². The number of fused-ring (bicyclic) bond motifs is 5. The molecule has 0 spiro atoms. The van der Waals surface area contributed by atoms with Gasteiger partial charge in [-0.25, -0.2) is 0 Å². The van der Waals surface area contributed by atoms with Gasteiger partial charge in [-0.3, -0.25) is 0 Å². The molecule has 0 amide bonds. The highest BCUT2D eigenvalue weighted by atomic mass is 14.6. The normalized spacial score (nSPS) is 49.8. The van der Waals surface area contributed by atoms with Crippen molar-refractivity contribution in [2.45, 2.75) is 99.3 Å². The van der Waals surface area contributed by atoms with Gasteiger partial charge in [0.05, 0.1) is 0 Å². The van der Waals surface area contributed by atoms with E-state index in [1.807, 2.05) is 0 Å². The topological polar surface area (TPSA) is 0 Å². The lowest BCUT2D eigenvalue weighted by molar-refractivity contribution is -0.109. The molecule has 0 N–H and O–H groups in total. The average molecular weight is 343 g/mol. The molecule has 6 unspecified atom stereocenters. The third-order valence-corrected chi connectivity index (χ3v) is 9.64. The molecule has 4 aliphatic rings. The maximum Gasteiger partial charge on any atom is -0.00851 e. The molecule has 25 heavy (non-hydrogen) atoms. The van der Waals surface area contributed by atoms with Gasteiger partial charge in [-0.15, -0.1) is 0 Å². The second kappa shape index (κ2) is 5.87. The van der Waals surface area contributed by atoms with E-state index >= 15 is 0 Å². The maximum absolute atomic E-state index is 2.72. The summed E-state index contributed by atoms with van der Waals surface area (Å²) in [5.74, 6) is 5.04. The molecule has 0 heterocycles. The Balaban J connectivity index is 1.51. The van der Waals surface area contributed by atoms with Crippen LogP contribution in [0.3, 0.4) is 0 Å². The summed E-state index contributed by atoms with van der Waals surface area (Å²) in [6.07, 6.45) is 16.0. The highest BCUT2D eigenvalue weighted by molar-refractivity contribution is 5.23. The first kappa shape index (κ1) is 18.1. The van der Waals surface area contributed by atoms with Crippen LogP contribution in [0.1, 0.15) is 99.3 Å². The molecule has 0 aromatic rings. The Morgan fingerprint density at radius 3 is 2.48 bits per heavy atom. The van der Waals surface area contributed by atoms with Crippen molar-refractivity contribution in [2.24, 2.45) is 45.8 Å². The van der Waals surface area contributed by atoms with Crippen molar-refractivity contribution in [1.29, 1.82) is 0 Å². The summed E-state index contributed by atoms with van der Waals surface area (Å²) < 4.78 is 0. The summed E-state index contributed by atoms with van der Waals surface area (Å²) in [5, 5.41) is 0. The molecule has 4 aliphatic carbocycles. The van der Waals surface area contributed by atoms with Crippen LogP contribution in [0.4, 0.5) is 0 Å². The van der Waals surface area contributed by atoms with Gasteiger partial charge >= 0.3 is 0 Å². The molecule has 0 bridgehead atoms. The number of hydrogen-bond donors (Lipinski definition) is 0. The molecule has 0 aromatic carbocycles. The molecule has 0 saturated heterocycles. The zero-order valence-electron chi connectivity index (χ0n) is 17.8. The Bertz CT molecular complexity index is 549. The van der Waals surface area contributed by atoms with Gasteiger partial charge in [0.25, 0.3) is 0 Å². The van der Waals surface area contributed by atoms with E-state index in [9.17, 15) is 0 Å². The molecular weight excluding hydrogens is 300 g/mol. The smallest absolute Gasteiger partial charge is 0.00851 e. The van der Waals surface area contributed by atoms with Gasteiger partial charge in [-0.1, -0.05) is 46.3 Å². The van der Waals surface area contributed by atoms with Crippen LogP contribution in [0.25, 0.3) is 0 Å². The van der Waals surface area contributed by atoms with Crippen LogP contribution in [0.15, 0.2) is 11.6 Å². The summed E-state index contributed by atoms with van der Waals surface area (Å²) in [7, 11) is 0. The van der Waals surface area contributed by atoms with Crippen LogP contribution >= 0.6 is 0 Å². The Kier molecular flexibility index (Phi) is 4.25. The van der Waals surface area contributed by atoms with Gasteiger partial charge in [0.15, 0.2) is 0 Å². The number of hydrogen-bond acceptors (Lipinski definition) is 0. The monoisotopic (exact) mass is 342 g/mol. The third kappa shape index (κ3) is 2.85. The molecule has 0 nitrogen and oxygen atoms in total. The summed E-state index contributed by atoms with van der Waals surface area (Å²) in [6.45, 7) is 15.1. The Morgan fingerprint density at radius 1 is 1.00 bits per heavy atom. The predicted molar refractivity (Wildman–Crippen MR) is 108 cm³/mol. The second-order valence-electron chi connectivity index (χ2n) is 12.1. The minimum atomic E-state index is 0.509. The summed E-state index contributed by atoms with van der Waals surface area (Å²) in [5.41, 5.74) is 3.44. The fourth-order valence-corrected chi connectivity index (χ4v) is 8.18. The van der Waals surface area contributed by atoms with Crippen molar-refractivity contribution in [1.82, 2.24) is 0 Å². The van der Waals surface area contributed by atoms with Crippen LogP contribution in [0.2, 0.25) is 0 Å². The third-order valence-electron chi connectivity index (χ3n) is 9.64. The van der Waals surface area contributed by atoms with Crippen LogP contribution in [0, 0.1) is 45.8 Å². The lowest BCUT2D eigenvalue weighted by Crippen LogP contribution is -2.53. The highest BCUT2D eigenvalue weighted by Crippen LogP contribution is 2.66. The van der Waals surface area contributed by atoms with E-state index in [1.54, 1.807) is 5.57 Å². The van der Waals surface area contributed by atoms with E-state index in [1.165, 1.54) is 57.8 Å². The Labute approximate surface area is 157 Å². The molecule has 7 atom stereocenters. The zero-order chi connectivity index (χ0) is 18.0. The van der Waals surface area contributed by atoms with Crippen LogP contribution in [0.5, 0.6) is 0 Å². The Morgan fingerprint density at radius 2 is 1.76 bits per heavy atom. The molecule has 0 heteroatoms. The van der Waals surface area contributed by atoms with E-state index in [2.05, 4.69) is 47.6 Å². The molecule has 0 aliphatic heterocycles. The highest BCUT2D eigenvalue weighted by Gasteiger charge is 2.57. The standard InChI is InChI=1S/C25H42/c1-17-7-10-21-20-9-8-19-15-18(16-23(2,3)4)11-13-25(19,6)22(20)12-14-24(17,21)5/h7,18-22H,8-16H2,1-6H3/t18-,19?,20?,21?,22?,24?,25?/m1/s1. The van der Waals surface area contributed by atoms with Gasteiger partial charge in [0.1, 0.15) is 0 Å². The molecular formula is C25H42. The summed E-state index contributed by atoms with van der Waals surface area (Å²) in [6, 6.07) is 0. The van der Waals surface area contributed by atoms with Crippen molar-refractivity contribution < 1.29 is 0 Å². The molecule has 0 radical (unpaired) electrons. The first-order chi connectivity index (χ1) is 11.6. The van der Waals surface area contributed by atoms with E-state index in [4.69, 9.17) is 0 Å². The largest absolute Gasteiger partial charge is 0.0847 e. The first-order valence-electron chi connectivity index (χ1n) is 11.3. The average Bonchev–Trinajstić information content (AvgIpc) is 2.82. The van der Waals surface area contributed by atoms with Gasteiger partial charge in [0.2, 0.25) is 0 Å². The van der Waals surface area contributed by atoms with E-state index in [0.717, 1.165) is 29.6 Å². The summed E-state index contributed by atoms with van der Waals surface area (Å²) in [4.78, 5) is 0. The maximum atomic E-state index is 2.72. The lowest BCUT2D eigenvalue weighted by Gasteiger charge is -2.61. The summed E-state index contributed by atoms with van der Waals surface area (Å²) >= 11 is 0. The fraction of sp³-hybridized carbons (Fsp3) is 0.920. The van der Waals surface area contributed by atoms with Crippen LogP contribution in [-0.2, 0) is 0 Å². The molecule has 142 valence electrons. The molecule has 3 fully saturated rings. The van der Waals surface area contributed by atoms with E-state index in [0.29, 0.717) is 16.2 Å². The fourth-order valence-electron chi connectivity index (χ4n) is 8.18. The SMILES string of the molecule is CC1=CCC2C3CCC4C[C@H](CC(C)(C)C)CCC4(C)C3CCC12C. The van der Waals surface area contributed by atoms with Crippen molar-refractivity contribution >= 4 is 0 Å². The number of rotatable bonds is 1. The minimum absolute atomic E-state index is 0.509. The predicted octanol–water partition coefficient (Wildman–Crippen LogP) is 7.64. The van der Waals surface area contributed by atoms with E-state index in [-0.39, 0.29) is 0 Å². The van der Waals surface area contributed by atoms with Gasteiger partial charge in [-0.2, -0.15) is 0 Å². The van der Waals surface area contributed by atoms with Crippen LogP contribution < -0.4 is 0 Å². The molecule has 4 rings (SSSR count). The quantitative estimate of drug-likeness (QED) is 0.429. The van der Waals surface area contributed by atoms with Crippen molar-refractivity contribution in [3.05, 3.63) is 11.6 Å². The van der Waals surface area contributed by atoms with Crippen molar-refractivity contribution in [2.75, 3.05) is 0 Å². The zero-order valence-corrected chi connectivity index (χ0v) is 17.8. The Hall–Kier alpha value is -0.260.